The fourth-order valence-electron chi connectivity index (χ4n) is 3.84. The normalized spacial score (nSPS) is 20.2. The molecule has 7 nitrogen and oxygen atoms in total. The summed E-state index contributed by atoms with van der Waals surface area (Å²) in [5, 5.41) is 10.6. The number of hydrogen-bond acceptors (Lipinski definition) is 6. The highest BCUT2D eigenvalue weighted by Crippen LogP contribution is 2.38. The van der Waals surface area contributed by atoms with Crippen LogP contribution in [0.25, 0.3) is 6.08 Å². The number of benzene rings is 1. The Bertz CT molecular complexity index is 991. The van der Waals surface area contributed by atoms with Crippen molar-refractivity contribution < 1.29 is 28.2 Å². The molecule has 0 spiro atoms. The van der Waals surface area contributed by atoms with Gasteiger partial charge < -0.3 is 19.2 Å². The molecule has 1 fully saturated rings. The molecule has 0 bridgehead atoms. The second-order valence-electron chi connectivity index (χ2n) is 7.38. The Labute approximate surface area is 179 Å². The van der Waals surface area contributed by atoms with Crippen molar-refractivity contribution in [3.63, 3.8) is 0 Å². The van der Waals surface area contributed by atoms with Crippen LogP contribution >= 0.6 is 0 Å². The Balaban J connectivity index is 1.61. The SMILES string of the molecule is O=C(C=Cc1ccco1)C1=C(O)C(=O)N(CCN2CCOCC2)C1c1ccc(F)cc1. The third kappa shape index (κ3) is 4.60. The molecule has 1 unspecified atom stereocenters. The van der Waals surface area contributed by atoms with Crippen molar-refractivity contribution in [2.75, 3.05) is 39.4 Å². The maximum Gasteiger partial charge on any atom is 0.290 e. The van der Waals surface area contributed by atoms with Crippen molar-refractivity contribution >= 4 is 17.8 Å². The lowest BCUT2D eigenvalue weighted by atomic mass is 9.95. The summed E-state index contributed by atoms with van der Waals surface area (Å²) in [7, 11) is 0. The van der Waals surface area contributed by atoms with E-state index in [1.54, 1.807) is 12.1 Å². The molecule has 1 aromatic heterocycles. The summed E-state index contributed by atoms with van der Waals surface area (Å²) >= 11 is 0. The highest BCUT2D eigenvalue weighted by Gasteiger charge is 2.42. The van der Waals surface area contributed by atoms with Gasteiger partial charge in [-0.3, -0.25) is 14.5 Å². The molecule has 0 saturated carbocycles. The number of hydrogen-bond donors (Lipinski definition) is 1. The monoisotopic (exact) mass is 426 g/mol. The summed E-state index contributed by atoms with van der Waals surface area (Å²) in [5.41, 5.74) is 0.525. The molecule has 0 radical (unpaired) electrons. The van der Waals surface area contributed by atoms with Crippen molar-refractivity contribution in [1.29, 1.82) is 0 Å². The Morgan fingerprint density at radius 2 is 1.90 bits per heavy atom. The number of allylic oxidation sites excluding steroid dienone is 1. The number of carbonyl (C=O) groups is 2. The first-order valence-electron chi connectivity index (χ1n) is 10.1. The van der Waals surface area contributed by atoms with Gasteiger partial charge in [-0.2, -0.15) is 0 Å². The summed E-state index contributed by atoms with van der Waals surface area (Å²) in [6, 6.07) is 8.17. The van der Waals surface area contributed by atoms with Crippen molar-refractivity contribution in [3.8, 4) is 0 Å². The quantitative estimate of drug-likeness (QED) is 0.686. The highest BCUT2D eigenvalue weighted by atomic mass is 19.1. The molecule has 0 aliphatic carbocycles. The average molecular weight is 426 g/mol. The zero-order valence-electron chi connectivity index (χ0n) is 16.9. The number of ether oxygens (including phenoxy) is 1. The Morgan fingerprint density at radius 3 is 2.58 bits per heavy atom. The zero-order valence-corrected chi connectivity index (χ0v) is 16.9. The number of aliphatic hydroxyl groups is 1. The van der Waals surface area contributed by atoms with Crippen molar-refractivity contribution in [2.24, 2.45) is 0 Å². The predicted octanol–water partition coefficient (Wildman–Crippen LogP) is 2.73. The van der Waals surface area contributed by atoms with E-state index in [0.29, 0.717) is 37.6 Å². The number of amides is 1. The lowest BCUT2D eigenvalue weighted by molar-refractivity contribution is -0.129. The van der Waals surface area contributed by atoms with Gasteiger partial charge in [0.15, 0.2) is 11.5 Å². The highest BCUT2D eigenvalue weighted by molar-refractivity contribution is 6.14. The fourth-order valence-corrected chi connectivity index (χ4v) is 3.84. The van der Waals surface area contributed by atoms with E-state index in [9.17, 15) is 19.1 Å². The van der Waals surface area contributed by atoms with E-state index in [4.69, 9.17) is 9.15 Å². The molecule has 4 rings (SSSR count). The molecule has 1 saturated heterocycles. The molecule has 1 amide bonds. The van der Waals surface area contributed by atoms with Crippen LogP contribution in [0.5, 0.6) is 0 Å². The van der Waals surface area contributed by atoms with Gasteiger partial charge >= 0.3 is 0 Å². The Kier molecular flexibility index (Phi) is 6.29. The molecule has 2 aliphatic rings. The number of carbonyl (C=O) groups excluding carboxylic acids is 2. The molecule has 2 aromatic rings. The van der Waals surface area contributed by atoms with Gasteiger partial charge in [0.1, 0.15) is 11.6 Å². The zero-order chi connectivity index (χ0) is 21.8. The third-order valence-corrected chi connectivity index (χ3v) is 5.46. The maximum atomic E-state index is 13.5. The van der Waals surface area contributed by atoms with Crippen LogP contribution in [-0.2, 0) is 14.3 Å². The van der Waals surface area contributed by atoms with Crippen LogP contribution in [-0.4, -0.2) is 66.0 Å². The van der Waals surface area contributed by atoms with E-state index in [0.717, 1.165) is 13.1 Å². The minimum atomic E-state index is -0.803. The fraction of sp³-hybridized carbons (Fsp3) is 0.304. The van der Waals surface area contributed by atoms with Gasteiger partial charge in [-0.25, -0.2) is 4.39 Å². The molecule has 2 aliphatic heterocycles. The lowest BCUT2D eigenvalue weighted by Crippen LogP contribution is -2.43. The molecule has 1 aromatic carbocycles. The van der Waals surface area contributed by atoms with Crippen LogP contribution < -0.4 is 0 Å². The van der Waals surface area contributed by atoms with E-state index in [-0.39, 0.29) is 5.57 Å². The first kappa shape index (κ1) is 21.0. The van der Waals surface area contributed by atoms with Gasteiger partial charge in [0.2, 0.25) is 0 Å². The van der Waals surface area contributed by atoms with Crippen LogP contribution in [0.15, 0.2) is 64.5 Å². The van der Waals surface area contributed by atoms with E-state index in [1.807, 2.05) is 0 Å². The standard InChI is InChI=1S/C23H23FN2O5/c24-17-5-3-16(4-6-17)21-20(19(27)8-7-18-2-1-13-31-18)22(28)23(29)26(21)10-9-25-11-14-30-15-12-25/h1-8,13,21,28H,9-12,14-15H2. The summed E-state index contributed by atoms with van der Waals surface area (Å²) in [6.07, 6.45) is 4.22. The molecule has 1 N–H and O–H groups in total. The summed E-state index contributed by atoms with van der Waals surface area (Å²) in [6.45, 7) is 3.63. The van der Waals surface area contributed by atoms with Gasteiger partial charge in [0.05, 0.1) is 31.1 Å². The van der Waals surface area contributed by atoms with E-state index >= 15 is 0 Å². The second kappa shape index (κ2) is 9.28. The molecular weight excluding hydrogens is 403 g/mol. The number of aliphatic hydroxyl groups excluding tert-OH is 1. The second-order valence-corrected chi connectivity index (χ2v) is 7.38. The smallest absolute Gasteiger partial charge is 0.290 e. The number of rotatable bonds is 7. The van der Waals surface area contributed by atoms with Gasteiger partial charge in [-0.1, -0.05) is 12.1 Å². The first-order chi connectivity index (χ1) is 15.0. The number of furan rings is 1. The summed E-state index contributed by atoms with van der Waals surface area (Å²) in [4.78, 5) is 29.5. The Morgan fingerprint density at radius 1 is 1.16 bits per heavy atom. The minimum absolute atomic E-state index is 0.0265. The number of halogens is 1. The van der Waals surface area contributed by atoms with Crippen LogP contribution in [0.1, 0.15) is 17.4 Å². The summed E-state index contributed by atoms with van der Waals surface area (Å²) < 4.78 is 24.0. The third-order valence-electron chi connectivity index (χ3n) is 5.46. The van der Waals surface area contributed by atoms with Gasteiger partial charge in [-0.15, -0.1) is 0 Å². The molecule has 162 valence electrons. The number of morpholine rings is 1. The van der Waals surface area contributed by atoms with Crippen LogP contribution in [0.2, 0.25) is 0 Å². The van der Waals surface area contributed by atoms with Gasteiger partial charge in [-0.05, 0) is 42.0 Å². The molecule has 1 atom stereocenters. The molecule has 8 heteroatoms. The molecular formula is C23H23FN2O5. The topological polar surface area (TPSA) is 83.2 Å². The predicted molar refractivity (Wildman–Crippen MR) is 111 cm³/mol. The van der Waals surface area contributed by atoms with Crippen molar-refractivity contribution in [2.45, 2.75) is 6.04 Å². The van der Waals surface area contributed by atoms with Crippen LogP contribution in [0.4, 0.5) is 4.39 Å². The molecule has 31 heavy (non-hydrogen) atoms. The van der Waals surface area contributed by atoms with Crippen LogP contribution in [0.3, 0.4) is 0 Å². The average Bonchev–Trinajstić information content (AvgIpc) is 3.39. The first-order valence-corrected chi connectivity index (χ1v) is 10.1. The lowest BCUT2D eigenvalue weighted by Gasteiger charge is -2.31. The van der Waals surface area contributed by atoms with Gasteiger partial charge in [0, 0.05) is 26.2 Å². The van der Waals surface area contributed by atoms with Crippen molar-refractivity contribution in [1.82, 2.24) is 9.80 Å². The van der Waals surface area contributed by atoms with E-state index in [2.05, 4.69) is 4.90 Å². The van der Waals surface area contributed by atoms with E-state index in [1.165, 1.54) is 47.6 Å². The maximum absolute atomic E-state index is 13.5. The van der Waals surface area contributed by atoms with E-state index < -0.39 is 29.3 Å². The van der Waals surface area contributed by atoms with Gasteiger partial charge in [0.25, 0.3) is 5.91 Å². The minimum Gasteiger partial charge on any atom is -0.503 e. The number of nitrogens with zero attached hydrogens (tertiary/aromatic N) is 2. The molecule has 3 heterocycles. The Hall–Kier alpha value is -3.23. The summed E-state index contributed by atoms with van der Waals surface area (Å²) in [5.74, 6) is -1.65. The van der Waals surface area contributed by atoms with Crippen LogP contribution in [0, 0.1) is 5.82 Å². The largest absolute Gasteiger partial charge is 0.503 e. The van der Waals surface area contributed by atoms with Crippen molar-refractivity contribution in [3.05, 3.63) is 77.2 Å². The number of ketones is 1.